The van der Waals surface area contributed by atoms with Gasteiger partial charge in [-0.25, -0.2) is 0 Å². The number of ether oxygens (including phenoxy) is 1. The highest BCUT2D eigenvalue weighted by Crippen LogP contribution is 1.90. The molecule has 0 bridgehead atoms. The maximum Gasteiger partial charge on any atom is 0.322 e. The third-order valence-electron chi connectivity index (χ3n) is 0.724. The van der Waals surface area contributed by atoms with Gasteiger partial charge in [-0.05, 0) is 20.8 Å². The first-order valence-corrected chi connectivity index (χ1v) is 3.00. The van der Waals surface area contributed by atoms with Gasteiger partial charge in [0.2, 0.25) is 0 Å². The van der Waals surface area contributed by atoms with Crippen LogP contribution in [0.25, 0.3) is 0 Å². The van der Waals surface area contributed by atoms with Crippen molar-refractivity contribution < 1.29 is 9.53 Å². The summed E-state index contributed by atoms with van der Waals surface area (Å²) in [5.41, 5.74) is 5.21. The third kappa shape index (κ3) is 3.97. The van der Waals surface area contributed by atoms with E-state index in [1.165, 1.54) is 0 Å². The third-order valence-corrected chi connectivity index (χ3v) is 0.724. The van der Waals surface area contributed by atoms with Crippen molar-refractivity contribution in [1.82, 2.24) is 0 Å². The molecule has 0 saturated carbocycles. The molecule has 0 amide bonds. The van der Waals surface area contributed by atoms with Gasteiger partial charge in [-0.15, -0.1) is 0 Å². The lowest BCUT2D eigenvalue weighted by atomic mass is 10.4. The first-order valence-electron chi connectivity index (χ1n) is 3.00. The summed E-state index contributed by atoms with van der Waals surface area (Å²) in [4.78, 5) is 10.6. The van der Waals surface area contributed by atoms with Crippen LogP contribution < -0.4 is 5.73 Å². The van der Waals surface area contributed by atoms with Gasteiger partial charge >= 0.3 is 5.97 Å². The van der Waals surface area contributed by atoms with Crippen molar-refractivity contribution in [2.24, 2.45) is 5.73 Å². The largest absolute Gasteiger partial charge is 0.462 e. The van der Waals surface area contributed by atoms with E-state index in [1.54, 1.807) is 20.8 Å². The van der Waals surface area contributed by atoms with E-state index in [9.17, 15) is 4.79 Å². The fourth-order valence-corrected chi connectivity index (χ4v) is 0.340. The molecule has 0 unspecified atom stereocenters. The molecule has 0 aromatic rings. The van der Waals surface area contributed by atoms with E-state index < -0.39 is 6.04 Å². The van der Waals surface area contributed by atoms with Crippen LogP contribution in [-0.2, 0) is 9.53 Å². The first kappa shape index (κ1) is 8.43. The number of esters is 1. The van der Waals surface area contributed by atoms with Crippen LogP contribution in [0.1, 0.15) is 20.8 Å². The van der Waals surface area contributed by atoms with Crippen LogP contribution in [0.2, 0.25) is 0 Å². The lowest BCUT2D eigenvalue weighted by Crippen LogP contribution is -2.30. The van der Waals surface area contributed by atoms with Gasteiger partial charge in [0.15, 0.2) is 0 Å². The van der Waals surface area contributed by atoms with Crippen molar-refractivity contribution >= 4 is 5.97 Å². The van der Waals surface area contributed by atoms with Gasteiger partial charge in [-0.3, -0.25) is 4.79 Å². The van der Waals surface area contributed by atoms with Gasteiger partial charge in [0.1, 0.15) is 6.04 Å². The fourth-order valence-electron chi connectivity index (χ4n) is 0.340. The Morgan fingerprint density at radius 2 is 1.89 bits per heavy atom. The van der Waals surface area contributed by atoms with Crippen molar-refractivity contribution in [1.29, 1.82) is 0 Å². The minimum atomic E-state index is -0.507. The Hall–Kier alpha value is -0.570. The summed E-state index contributed by atoms with van der Waals surface area (Å²) in [7, 11) is 0. The zero-order valence-electron chi connectivity index (χ0n) is 6.05. The van der Waals surface area contributed by atoms with Crippen LogP contribution in [0.3, 0.4) is 0 Å². The lowest BCUT2D eigenvalue weighted by Gasteiger charge is -2.08. The maximum absolute atomic E-state index is 10.6. The number of rotatable bonds is 2. The van der Waals surface area contributed by atoms with Gasteiger partial charge in [-0.2, -0.15) is 0 Å². The van der Waals surface area contributed by atoms with Crippen LogP contribution in [-0.4, -0.2) is 18.1 Å². The molecular formula is C6H13NO2. The van der Waals surface area contributed by atoms with Gasteiger partial charge in [0.05, 0.1) is 6.10 Å². The molecule has 3 heteroatoms. The van der Waals surface area contributed by atoms with Crippen LogP contribution in [0.4, 0.5) is 0 Å². The predicted molar refractivity (Wildman–Crippen MR) is 34.9 cm³/mol. The van der Waals surface area contributed by atoms with E-state index in [0.29, 0.717) is 0 Å². The van der Waals surface area contributed by atoms with Crippen molar-refractivity contribution in [3.8, 4) is 0 Å². The average molecular weight is 131 g/mol. The zero-order chi connectivity index (χ0) is 7.44. The molecule has 0 fully saturated rings. The monoisotopic (exact) mass is 131 g/mol. The average Bonchev–Trinajstić information content (AvgIpc) is 1.63. The molecule has 0 rings (SSSR count). The molecule has 2 N–H and O–H groups in total. The Balaban J connectivity index is 3.51. The van der Waals surface area contributed by atoms with Gasteiger partial charge in [0.25, 0.3) is 0 Å². The standard InChI is InChI=1S/C6H13NO2/c1-4(2)9-6(8)5(3)7/h4-5H,7H2,1-3H3/t5-/m0/s1. The minimum absolute atomic E-state index is 0.0662. The van der Waals surface area contributed by atoms with Gasteiger partial charge < -0.3 is 10.5 Å². The van der Waals surface area contributed by atoms with E-state index in [1.807, 2.05) is 0 Å². The molecule has 54 valence electrons. The summed E-state index contributed by atoms with van der Waals surface area (Å²) < 4.78 is 4.75. The molecular weight excluding hydrogens is 118 g/mol. The van der Waals surface area contributed by atoms with Crippen LogP contribution >= 0.6 is 0 Å². The van der Waals surface area contributed by atoms with Crippen molar-refractivity contribution in [2.45, 2.75) is 32.9 Å². The van der Waals surface area contributed by atoms with E-state index in [-0.39, 0.29) is 12.1 Å². The second kappa shape index (κ2) is 3.45. The first-order chi connectivity index (χ1) is 4.04. The molecule has 0 radical (unpaired) electrons. The molecule has 0 aliphatic carbocycles. The molecule has 0 aromatic carbocycles. The Labute approximate surface area is 55.2 Å². The molecule has 0 heterocycles. The predicted octanol–water partition coefficient (Wildman–Crippen LogP) is 0.285. The summed E-state index contributed by atoms with van der Waals surface area (Å²) >= 11 is 0. The maximum atomic E-state index is 10.6. The SMILES string of the molecule is CC(C)OC(=O)[C@H](C)N. The Kier molecular flexibility index (Phi) is 3.24. The van der Waals surface area contributed by atoms with Crippen LogP contribution in [0.15, 0.2) is 0 Å². The molecule has 0 aliphatic rings. The summed E-state index contributed by atoms with van der Waals surface area (Å²) in [5.74, 6) is -0.343. The quantitative estimate of drug-likeness (QED) is 0.548. The summed E-state index contributed by atoms with van der Waals surface area (Å²) in [6.07, 6.45) is -0.0662. The summed E-state index contributed by atoms with van der Waals surface area (Å²) in [6.45, 7) is 5.19. The Morgan fingerprint density at radius 1 is 1.44 bits per heavy atom. The lowest BCUT2D eigenvalue weighted by molar-refractivity contribution is -0.148. The Bertz CT molecular complexity index is 99.2. The molecule has 3 nitrogen and oxygen atoms in total. The number of carbonyl (C=O) groups is 1. The van der Waals surface area contributed by atoms with Crippen molar-refractivity contribution in [3.63, 3.8) is 0 Å². The molecule has 0 saturated heterocycles. The topological polar surface area (TPSA) is 52.3 Å². The second-order valence-corrected chi connectivity index (χ2v) is 2.27. The summed E-state index contributed by atoms with van der Waals surface area (Å²) in [5, 5.41) is 0. The number of hydrogen-bond donors (Lipinski definition) is 1. The van der Waals surface area contributed by atoms with E-state index in [2.05, 4.69) is 0 Å². The van der Waals surface area contributed by atoms with E-state index in [0.717, 1.165) is 0 Å². The van der Waals surface area contributed by atoms with Crippen LogP contribution in [0.5, 0.6) is 0 Å². The molecule has 9 heavy (non-hydrogen) atoms. The van der Waals surface area contributed by atoms with Crippen LogP contribution in [0, 0.1) is 0 Å². The summed E-state index contributed by atoms with van der Waals surface area (Å²) in [6, 6.07) is -0.507. The van der Waals surface area contributed by atoms with Gasteiger partial charge in [0, 0.05) is 0 Å². The number of carbonyl (C=O) groups excluding carboxylic acids is 1. The van der Waals surface area contributed by atoms with E-state index >= 15 is 0 Å². The molecule has 0 spiro atoms. The second-order valence-electron chi connectivity index (χ2n) is 2.27. The molecule has 0 aromatic heterocycles. The van der Waals surface area contributed by atoms with Gasteiger partial charge in [-0.1, -0.05) is 0 Å². The normalized spacial score (nSPS) is 13.4. The minimum Gasteiger partial charge on any atom is -0.462 e. The van der Waals surface area contributed by atoms with E-state index in [4.69, 9.17) is 10.5 Å². The molecule has 1 atom stereocenters. The highest BCUT2D eigenvalue weighted by molar-refractivity contribution is 5.74. The highest BCUT2D eigenvalue weighted by atomic mass is 16.5. The van der Waals surface area contributed by atoms with Crippen molar-refractivity contribution in [3.05, 3.63) is 0 Å². The molecule has 0 aliphatic heterocycles. The van der Waals surface area contributed by atoms with Crippen molar-refractivity contribution in [2.75, 3.05) is 0 Å². The highest BCUT2D eigenvalue weighted by Gasteiger charge is 2.09. The fraction of sp³-hybridized carbons (Fsp3) is 0.833. The number of nitrogens with two attached hydrogens (primary N) is 1. The number of hydrogen-bond acceptors (Lipinski definition) is 3. The Morgan fingerprint density at radius 3 is 2.00 bits per heavy atom. The zero-order valence-corrected chi connectivity index (χ0v) is 6.05. The smallest absolute Gasteiger partial charge is 0.322 e.